The average molecular weight is 400 g/mol. The molecule has 0 radical (unpaired) electrons. The maximum atomic E-state index is 6.11. The van der Waals surface area contributed by atoms with E-state index in [1.54, 1.807) is 0 Å². The molecule has 1 aliphatic rings. The molecule has 2 atom stereocenters. The summed E-state index contributed by atoms with van der Waals surface area (Å²) in [7, 11) is 0. The highest BCUT2D eigenvalue weighted by Gasteiger charge is 2.33. The molecule has 4 heteroatoms. The molecule has 3 aromatic carbocycles. The summed E-state index contributed by atoms with van der Waals surface area (Å²) in [6.45, 7) is 0. The molecular weight excluding hydrogens is 381 g/mol. The Kier molecular flexibility index (Phi) is 5.44. The van der Waals surface area contributed by atoms with E-state index in [-0.39, 0.29) is 0 Å². The predicted molar refractivity (Wildman–Crippen MR) is 115 cm³/mol. The first kappa shape index (κ1) is 17.8. The summed E-state index contributed by atoms with van der Waals surface area (Å²) in [6.07, 6.45) is 0. The van der Waals surface area contributed by atoms with Gasteiger partial charge in [-0.3, -0.25) is 0 Å². The molecule has 1 saturated heterocycles. The van der Waals surface area contributed by atoms with Gasteiger partial charge < -0.3 is 4.90 Å². The van der Waals surface area contributed by atoms with Crippen LogP contribution in [0.3, 0.4) is 0 Å². The molecule has 1 fully saturated rings. The molecule has 1 nitrogen and oxygen atoms in total. The molecule has 0 aliphatic carbocycles. The van der Waals surface area contributed by atoms with Crippen molar-refractivity contribution in [2.24, 2.45) is 0 Å². The Labute approximate surface area is 168 Å². The fourth-order valence-electron chi connectivity index (χ4n) is 3.51. The van der Waals surface area contributed by atoms with Crippen LogP contribution in [0.1, 0.15) is 23.2 Å². The fourth-order valence-corrected chi connectivity index (χ4v) is 5.05. The minimum atomic E-state index is 0.300. The second kappa shape index (κ2) is 7.96. The van der Waals surface area contributed by atoms with Crippen molar-refractivity contribution >= 4 is 40.7 Å². The summed E-state index contributed by atoms with van der Waals surface area (Å²) in [4.78, 5) is 2.54. The van der Waals surface area contributed by atoms with Crippen molar-refractivity contribution in [3.8, 4) is 0 Å². The molecule has 1 aliphatic heterocycles. The van der Waals surface area contributed by atoms with Crippen LogP contribution in [-0.4, -0.2) is 11.5 Å². The van der Waals surface area contributed by atoms with Gasteiger partial charge in [0.1, 0.15) is 0 Å². The first-order valence-corrected chi connectivity index (χ1v) is 10.6. The number of rotatable bonds is 3. The van der Waals surface area contributed by atoms with Crippen LogP contribution >= 0.6 is 35.0 Å². The summed E-state index contributed by atoms with van der Waals surface area (Å²) < 4.78 is 0. The Balaban J connectivity index is 1.77. The van der Waals surface area contributed by atoms with Gasteiger partial charge in [0.15, 0.2) is 0 Å². The van der Waals surface area contributed by atoms with Crippen molar-refractivity contribution in [2.45, 2.75) is 12.1 Å². The van der Waals surface area contributed by atoms with Crippen molar-refractivity contribution in [3.05, 3.63) is 100 Å². The summed E-state index contributed by atoms with van der Waals surface area (Å²) in [5, 5.41) is 1.55. The molecule has 3 aromatic rings. The molecular formula is C22H19Cl2NS. The number of hydrogen-bond donors (Lipinski definition) is 0. The SMILES string of the molecule is Clc1ccc([C@@H]2CSC[C@@H](c3ccc(Cl)cc3)N2c2ccccc2)cc1. The van der Waals surface area contributed by atoms with Gasteiger partial charge in [0, 0.05) is 27.2 Å². The third kappa shape index (κ3) is 3.73. The van der Waals surface area contributed by atoms with Crippen LogP contribution in [0.15, 0.2) is 78.9 Å². The van der Waals surface area contributed by atoms with Crippen molar-refractivity contribution in [3.63, 3.8) is 0 Å². The lowest BCUT2D eigenvalue weighted by Gasteiger charge is -2.44. The largest absolute Gasteiger partial charge is 0.356 e. The van der Waals surface area contributed by atoms with E-state index in [9.17, 15) is 0 Å². The van der Waals surface area contributed by atoms with Crippen molar-refractivity contribution in [2.75, 3.05) is 16.4 Å². The van der Waals surface area contributed by atoms with Gasteiger partial charge in [-0.1, -0.05) is 65.7 Å². The van der Waals surface area contributed by atoms with E-state index < -0.39 is 0 Å². The third-order valence-electron chi connectivity index (χ3n) is 4.79. The van der Waals surface area contributed by atoms with Crippen molar-refractivity contribution < 1.29 is 0 Å². The van der Waals surface area contributed by atoms with Crippen LogP contribution < -0.4 is 4.90 Å². The van der Waals surface area contributed by atoms with Crippen LogP contribution in [0.25, 0.3) is 0 Å². The van der Waals surface area contributed by atoms with Gasteiger partial charge >= 0.3 is 0 Å². The molecule has 0 bridgehead atoms. The maximum Gasteiger partial charge on any atom is 0.0639 e. The van der Waals surface area contributed by atoms with Gasteiger partial charge in [-0.15, -0.1) is 0 Å². The number of hydrogen-bond acceptors (Lipinski definition) is 2. The van der Waals surface area contributed by atoms with E-state index >= 15 is 0 Å². The highest BCUT2D eigenvalue weighted by Crippen LogP contribution is 2.43. The Hall–Kier alpha value is -1.61. The molecule has 0 amide bonds. The topological polar surface area (TPSA) is 3.24 Å². The van der Waals surface area contributed by atoms with Crippen LogP contribution in [0.4, 0.5) is 5.69 Å². The zero-order valence-corrected chi connectivity index (χ0v) is 16.5. The lowest BCUT2D eigenvalue weighted by atomic mass is 9.99. The lowest BCUT2D eigenvalue weighted by molar-refractivity contribution is 0.582. The highest BCUT2D eigenvalue weighted by molar-refractivity contribution is 7.99. The smallest absolute Gasteiger partial charge is 0.0639 e. The first-order chi connectivity index (χ1) is 12.7. The third-order valence-corrected chi connectivity index (χ3v) is 6.39. The molecule has 0 spiro atoms. The monoisotopic (exact) mass is 399 g/mol. The summed E-state index contributed by atoms with van der Waals surface area (Å²) in [5.41, 5.74) is 3.83. The van der Waals surface area contributed by atoms with Crippen molar-refractivity contribution in [1.82, 2.24) is 0 Å². The van der Waals surface area contributed by atoms with E-state index in [0.29, 0.717) is 12.1 Å². The quantitative estimate of drug-likeness (QED) is 0.464. The van der Waals surface area contributed by atoms with Crippen LogP contribution in [0, 0.1) is 0 Å². The number of halogens is 2. The second-order valence-corrected chi connectivity index (χ2v) is 8.36. The highest BCUT2D eigenvalue weighted by atomic mass is 35.5. The summed E-state index contributed by atoms with van der Waals surface area (Å²) >= 11 is 14.2. The summed E-state index contributed by atoms with van der Waals surface area (Å²) in [6, 6.07) is 27.8. The normalized spacial score (nSPS) is 20.2. The maximum absolute atomic E-state index is 6.11. The molecule has 0 unspecified atom stereocenters. The molecule has 0 saturated carbocycles. The standard InChI is InChI=1S/C22H19Cl2NS/c23-18-10-6-16(7-11-18)21-14-26-15-22(17-8-12-19(24)13-9-17)25(21)20-4-2-1-3-5-20/h1-13,21-22H,14-15H2/t21-,22-/m0/s1. The van der Waals surface area contributed by atoms with Gasteiger partial charge in [0.25, 0.3) is 0 Å². The molecule has 26 heavy (non-hydrogen) atoms. The van der Waals surface area contributed by atoms with Gasteiger partial charge in [0.2, 0.25) is 0 Å². The second-order valence-electron chi connectivity index (χ2n) is 6.41. The van der Waals surface area contributed by atoms with E-state index in [1.165, 1.54) is 16.8 Å². The Morgan fingerprint density at radius 3 is 1.58 bits per heavy atom. The fraction of sp³-hybridized carbons (Fsp3) is 0.182. The number of nitrogens with zero attached hydrogens (tertiary/aromatic N) is 1. The number of benzene rings is 3. The van der Waals surface area contributed by atoms with Gasteiger partial charge in [-0.2, -0.15) is 11.8 Å². The Bertz CT molecular complexity index is 796. The van der Waals surface area contributed by atoms with Gasteiger partial charge in [0.05, 0.1) is 12.1 Å². The van der Waals surface area contributed by atoms with Gasteiger partial charge in [-0.05, 0) is 47.5 Å². The van der Waals surface area contributed by atoms with E-state index in [4.69, 9.17) is 23.2 Å². The molecule has 0 N–H and O–H groups in total. The lowest BCUT2D eigenvalue weighted by Crippen LogP contribution is -2.39. The van der Waals surface area contributed by atoms with Crippen LogP contribution in [0.5, 0.6) is 0 Å². The molecule has 1 heterocycles. The Morgan fingerprint density at radius 2 is 1.12 bits per heavy atom. The molecule has 0 aromatic heterocycles. The Morgan fingerprint density at radius 1 is 0.654 bits per heavy atom. The zero-order chi connectivity index (χ0) is 17.9. The zero-order valence-electron chi connectivity index (χ0n) is 14.2. The van der Waals surface area contributed by atoms with E-state index in [2.05, 4.69) is 59.5 Å². The first-order valence-electron chi connectivity index (χ1n) is 8.64. The minimum Gasteiger partial charge on any atom is -0.356 e. The molecule has 132 valence electrons. The van der Waals surface area contributed by atoms with Gasteiger partial charge in [-0.25, -0.2) is 0 Å². The summed E-state index contributed by atoms with van der Waals surface area (Å²) in [5.74, 6) is 2.11. The van der Waals surface area contributed by atoms with E-state index in [1.807, 2.05) is 36.0 Å². The van der Waals surface area contributed by atoms with Crippen LogP contribution in [-0.2, 0) is 0 Å². The average Bonchev–Trinajstić information content (AvgIpc) is 2.69. The molecule has 4 rings (SSSR count). The van der Waals surface area contributed by atoms with E-state index in [0.717, 1.165) is 21.6 Å². The number of para-hydroxylation sites is 1. The number of anilines is 1. The van der Waals surface area contributed by atoms with Crippen LogP contribution in [0.2, 0.25) is 10.0 Å². The van der Waals surface area contributed by atoms with Crippen molar-refractivity contribution in [1.29, 1.82) is 0 Å². The minimum absolute atomic E-state index is 0.300. The predicted octanol–water partition coefficient (Wildman–Crippen LogP) is 7.03. The number of thioether (sulfide) groups is 1.